The summed E-state index contributed by atoms with van der Waals surface area (Å²) in [6.07, 6.45) is 4.58. The maximum absolute atomic E-state index is 9.00. The lowest BCUT2D eigenvalue weighted by molar-refractivity contribution is -0.135. The van der Waals surface area contributed by atoms with E-state index in [2.05, 4.69) is 6.92 Å². The van der Waals surface area contributed by atoms with Gasteiger partial charge in [-0.25, -0.2) is 0 Å². The molecule has 10 nitrogen and oxygen atoms in total. The minimum atomic E-state index is -0.833. The highest BCUT2D eigenvalue weighted by atomic mass is 35.5. The fourth-order valence-electron chi connectivity index (χ4n) is 0.549. The van der Waals surface area contributed by atoms with Crippen LogP contribution in [0.2, 0.25) is 0 Å². The SMILES string of the molecule is CC(=O)O.CC(=O)O.CC(=O)O.CC(=O)O.CCCCCC(Cl)Cl.N.N. The molecule has 0 atom stereocenters. The summed E-state index contributed by atoms with van der Waals surface area (Å²) >= 11 is 11.0. The van der Waals surface area contributed by atoms with Crippen molar-refractivity contribution in [1.29, 1.82) is 0 Å². The number of halogens is 2. The smallest absolute Gasteiger partial charge is 0.300 e. The predicted molar refractivity (Wildman–Crippen MR) is 103 cm³/mol. The molecule has 10 N–H and O–H groups in total. The highest BCUT2D eigenvalue weighted by Gasteiger charge is 1.95. The van der Waals surface area contributed by atoms with Gasteiger partial charge in [0.15, 0.2) is 0 Å². The van der Waals surface area contributed by atoms with E-state index in [1.165, 1.54) is 12.8 Å². The molecule has 0 unspecified atom stereocenters. The van der Waals surface area contributed by atoms with Crippen LogP contribution in [-0.4, -0.2) is 49.1 Å². The van der Waals surface area contributed by atoms with Gasteiger partial charge in [-0.05, 0) is 6.42 Å². The third kappa shape index (κ3) is 895. The summed E-state index contributed by atoms with van der Waals surface area (Å²) in [7, 11) is 0. The molecule has 12 heteroatoms. The lowest BCUT2D eigenvalue weighted by Crippen LogP contribution is -1.84. The van der Waals surface area contributed by atoms with E-state index in [-0.39, 0.29) is 17.1 Å². The molecule has 0 aromatic rings. The summed E-state index contributed by atoms with van der Waals surface area (Å²) in [6.45, 7) is 6.50. The van der Waals surface area contributed by atoms with Gasteiger partial charge in [0.1, 0.15) is 4.84 Å². The molecule has 0 spiro atoms. The number of unbranched alkanes of at least 4 members (excludes halogenated alkanes) is 2. The van der Waals surface area contributed by atoms with E-state index in [1.807, 2.05) is 0 Å². The molecule has 0 saturated carbocycles. The van der Waals surface area contributed by atoms with Crippen LogP contribution in [0.4, 0.5) is 0 Å². The minimum Gasteiger partial charge on any atom is -0.481 e. The van der Waals surface area contributed by atoms with Crippen molar-refractivity contribution in [1.82, 2.24) is 12.3 Å². The van der Waals surface area contributed by atoms with E-state index in [4.69, 9.17) is 62.8 Å². The molecule has 0 fully saturated rings. The zero-order chi connectivity index (χ0) is 20.7. The number of hydrogen-bond acceptors (Lipinski definition) is 6. The number of hydrogen-bond donors (Lipinski definition) is 6. The average molecular weight is 429 g/mol. The topological polar surface area (TPSA) is 219 Å². The van der Waals surface area contributed by atoms with Crippen molar-refractivity contribution in [2.24, 2.45) is 0 Å². The van der Waals surface area contributed by atoms with Crippen LogP contribution in [0, 0.1) is 0 Å². The molecule has 0 aliphatic carbocycles. The Morgan fingerprint density at radius 2 is 0.885 bits per heavy atom. The molecular formula is C14H34Cl2N2O8. The van der Waals surface area contributed by atoms with Crippen molar-refractivity contribution in [2.75, 3.05) is 0 Å². The minimum absolute atomic E-state index is 0. The van der Waals surface area contributed by atoms with E-state index in [0.29, 0.717) is 0 Å². The maximum atomic E-state index is 9.00. The Kier molecular flexibility index (Phi) is 65.8. The lowest BCUT2D eigenvalue weighted by Gasteiger charge is -1.96. The first-order valence-electron chi connectivity index (χ1n) is 6.76. The lowest BCUT2D eigenvalue weighted by atomic mass is 10.2. The van der Waals surface area contributed by atoms with Gasteiger partial charge in [0.25, 0.3) is 23.9 Å². The molecule has 0 heterocycles. The van der Waals surface area contributed by atoms with Gasteiger partial charge in [-0.3, -0.25) is 19.2 Å². The molecule has 0 aromatic carbocycles. The number of carbonyl (C=O) groups is 4. The molecule has 0 bridgehead atoms. The Labute approximate surface area is 164 Å². The summed E-state index contributed by atoms with van der Waals surface area (Å²) in [4.78, 5) is 35.8. The predicted octanol–water partition coefficient (Wildman–Crippen LogP) is 4.06. The highest BCUT2D eigenvalue weighted by Crippen LogP contribution is 2.11. The quantitative estimate of drug-likeness (QED) is 0.278. The normalized spacial score (nSPS) is 7.08. The molecule has 0 amide bonds. The van der Waals surface area contributed by atoms with Gasteiger partial charge in [0.05, 0.1) is 0 Å². The molecule has 0 aliphatic heterocycles. The number of rotatable bonds is 4. The Morgan fingerprint density at radius 3 is 1.00 bits per heavy atom. The standard InChI is InChI=1S/C6H12Cl2.4C2H4O2.2H3N/c1-2-3-4-5-6(7)8;4*1-2(3)4;;/h6H,2-5H2,1H3;4*1H3,(H,3,4);2*1H3. The zero-order valence-electron chi connectivity index (χ0n) is 16.0. The van der Waals surface area contributed by atoms with Gasteiger partial charge < -0.3 is 32.7 Å². The van der Waals surface area contributed by atoms with Crippen LogP contribution in [0.3, 0.4) is 0 Å². The first kappa shape index (κ1) is 44.1. The largest absolute Gasteiger partial charge is 0.481 e. The molecule has 0 aromatic heterocycles. The monoisotopic (exact) mass is 428 g/mol. The molecule has 0 aliphatic rings. The van der Waals surface area contributed by atoms with Gasteiger partial charge in [0, 0.05) is 27.7 Å². The molecule has 0 radical (unpaired) electrons. The third-order valence-electron chi connectivity index (χ3n) is 1.03. The number of carboxylic acid groups (broad SMARTS) is 4. The fraction of sp³-hybridized carbons (Fsp3) is 0.714. The zero-order valence-corrected chi connectivity index (χ0v) is 17.5. The molecular weight excluding hydrogens is 395 g/mol. The van der Waals surface area contributed by atoms with E-state index in [9.17, 15) is 0 Å². The highest BCUT2D eigenvalue weighted by molar-refractivity contribution is 6.44. The Bertz CT molecular complexity index is 266. The van der Waals surface area contributed by atoms with Gasteiger partial charge in [0.2, 0.25) is 0 Å². The van der Waals surface area contributed by atoms with Crippen LogP contribution < -0.4 is 12.3 Å². The van der Waals surface area contributed by atoms with E-state index in [1.54, 1.807) is 0 Å². The van der Waals surface area contributed by atoms with Crippen LogP contribution in [0.25, 0.3) is 0 Å². The van der Waals surface area contributed by atoms with Crippen molar-refractivity contribution in [2.45, 2.75) is 65.1 Å². The van der Waals surface area contributed by atoms with Crippen LogP contribution in [0.15, 0.2) is 0 Å². The number of carboxylic acids is 4. The van der Waals surface area contributed by atoms with Crippen molar-refractivity contribution in [3.63, 3.8) is 0 Å². The number of alkyl halides is 2. The Balaban J connectivity index is -0.0000000355. The van der Waals surface area contributed by atoms with Crippen LogP contribution in [-0.2, 0) is 19.2 Å². The second-order valence-corrected chi connectivity index (χ2v) is 5.24. The third-order valence-corrected chi connectivity index (χ3v) is 1.46. The van der Waals surface area contributed by atoms with Crippen molar-refractivity contribution in [3.8, 4) is 0 Å². The fourth-order valence-corrected chi connectivity index (χ4v) is 0.857. The van der Waals surface area contributed by atoms with Crippen LogP contribution >= 0.6 is 23.2 Å². The van der Waals surface area contributed by atoms with E-state index < -0.39 is 23.9 Å². The van der Waals surface area contributed by atoms with Gasteiger partial charge in [-0.15, -0.1) is 23.2 Å². The van der Waals surface area contributed by atoms with Crippen molar-refractivity contribution < 1.29 is 39.6 Å². The first-order chi connectivity index (χ1) is 10.7. The molecule has 162 valence electrons. The second-order valence-electron chi connectivity index (χ2n) is 3.96. The Morgan fingerprint density at radius 1 is 0.692 bits per heavy atom. The molecule has 0 saturated heterocycles. The van der Waals surface area contributed by atoms with Gasteiger partial charge >= 0.3 is 0 Å². The molecule has 26 heavy (non-hydrogen) atoms. The van der Waals surface area contributed by atoms with Crippen molar-refractivity contribution in [3.05, 3.63) is 0 Å². The summed E-state index contributed by atoms with van der Waals surface area (Å²) in [5.41, 5.74) is 0. The summed E-state index contributed by atoms with van der Waals surface area (Å²) in [5.74, 6) is -3.33. The summed E-state index contributed by atoms with van der Waals surface area (Å²) in [6, 6.07) is 0. The van der Waals surface area contributed by atoms with Crippen LogP contribution in [0.1, 0.15) is 60.3 Å². The van der Waals surface area contributed by atoms with E-state index in [0.717, 1.165) is 40.5 Å². The second kappa shape index (κ2) is 38.8. The summed E-state index contributed by atoms with van der Waals surface area (Å²) < 4.78 is 0. The average Bonchev–Trinajstić information content (AvgIpc) is 2.25. The van der Waals surface area contributed by atoms with E-state index >= 15 is 0 Å². The summed E-state index contributed by atoms with van der Waals surface area (Å²) in [5, 5.41) is 29.7. The molecule has 0 rings (SSSR count). The number of aliphatic carboxylic acids is 4. The van der Waals surface area contributed by atoms with Gasteiger partial charge in [-0.2, -0.15) is 0 Å². The van der Waals surface area contributed by atoms with Gasteiger partial charge in [-0.1, -0.05) is 26.2 Å². The maximum Gasteiger partial charge on any atom is 0.300 e. The van der Waals surface area contributed by atoms with Crippen molar-refractivity contribution >= 4 is 47.1 Å². The van der Waals surface area contributed by atoms with Crippen LogP contribution in [0.5, 0.6) is 0 Å². The Hall–Kier alpha value is -1.62. The first-order valence-corrected chi connectivity index (χ1v) is 7.64.